The Bertz CT molecular complexity index is 642. The molecule has 0 bridgehead atoms. The first-order chi connectivity index (χ1) is 12.5. The maximum absolute atomic E-state index is 10.8. The van der Waals surface area contributed by atoms with Crippen molar-refractivity contribution in [1.82, 2.24) is 4.90 Å². The van der Waals surface area contributed by atoms with E-state index in [4.69, 9.17) is 4.74 Å². The van der Waals surface area contributed by atoms with Crippen LogP contribution in [0.4, 0.5) is 0 Å². The van der Waals surface area contributed by atoms with Crippen LogP contribution in [0.25, 0.3) is 0 Å². The number of hydrogen-bond acceptors (Lipinski definition) is 6. The summed E-state index contributed by atoms with van der Waals surface area (Å²) in [5.41, 5.74) is 2.11. The van der Waals surface area contributed by atoms with Crippen molar-refractivity contribution in [3.63, 3.8) is 0 Å². The van der Waals surface area contributed by atoms with Gasteiger partial charge in [0.15, 0.2) is 0 Å². The van der Waals surface area contributed by atoms with E-state index in [-0.39, 0.29) is 13.2 Å². The Morgan fingerprint density at radius 2 is 1.38 bits per heavy atom. The summed E-state index contributed by atoms with van der Waals surface area (Å²) in [7, 11) is 0. The van der Waals surface area contributed by atoms with Gasteiger partial charge in [-0.2, -0.15) is 0 Å². The molecule has 4 atom stereocenters. The topological polar surface area (TPSA) is 93.4 Å². The molecule has 2 aromatic rings. The third kappa shape index (κ3) is 4.48. The minimum Gasteiger partial charge on any atom is -0.388 e. The second kappa shape index (κ2) is 8.26. The summed E-state index contributed by atoms with van der Waals surface area (Å²) in [6.45, 7) is 0.820. The highest BCUT2D eigenvalue weighted by Gasteiger charge is 2.49. The largest absolute Gasteiger partial charge is 0.388 e. The number of ether oxygens (including phenoxy) is 1. The summed E-state index contributed by atoms with van der Waals surface area (Å²) in [4.78, 5) is 1.94. The lowest BCUT2D eigenvalue weighted by atomic mass is 9.96. The maximum Gasteiger partial charge on any atom is 0.207 e. The Labute approximate surface area is 152 Å². The smallest absolute Gasteiger partial charge is 0.207 e. The van der Waals surface area contributed by atoms with E-state index in [1.165, 1.54) is 0 Å². The quantitative estimate of drug-likeness (QED) is 0.600. The van der Waals surface area contributed by atoms with Gasteiger partial charge in [0.05, 0.1) is 13.2 Å². The number of aliphatic hydroxyl groups excluding tert-OH is 3. The zero-order valence-corrected chi connectivity index (χ0v) is 14.5. The average molecular weight is 359 g/mol. The zero-order chi connectivity index (χ0) is 18.6. The van der Waals surface area contributed by atoms with Crippen LogP contribution >= 0.6 is 0 Å². The van der Waals surface area contributed by atoms with E-state index < -0.39 is 24.1 Å². The van der Waals surface area contributed by atoms with Gasteiger partial charge in [0.2, 0.25) is 5.79 Å². The van der Waals surface area contributed by atoms with E-state index >= 15 is 0 Å². The molecule has 1 heterocycles. The molecule has 6 nitrogen and oxygen atoms in total. The van der Waals surface area contributed by atoms with E-state index in [1.54, 1.807) is 0 Å². The third-order valence-electron chi connectivity index (χ3n) is 4.63. The molecule has 0 saturated carbocycles. The molecule has 1 fully saturated rings. The van der Waals surface area contributed by atoms with Gasteiger partial charge in [-0.05, 0) is 11.1 Å². The first-order valence-electron chi connectivity index (χ1n) is 8.69. The molecule has 3 rings (SSSR count). The van der Waals surface area contributed by atoms with Gasteiger partial charge in [-0.25, -0.2) is 0 Å². The van der Waals surface area contributed by atoms with Crippen LogP contribution in [-0.4, -0.2) is 62.6 Å². The van der Waals surface area contributed by atoms with Crippen LogP contribution in [0.2, 0.25) is 0 Å². The van der Waals surface area contributed by atoms with Crippen LogP contribution in [0.1, 0.15) is 11.1 Å². The molecule has 6 heteroatoms. The van der Waals surface area contributed by atoms with Gasteiger partial charge < -0.3 is 25.2 Å². The lowest BCUT2D eigenvalue weighted by Gasteiger charge is -2.43. The van der Waals surface area contributed by atoms with Gasteiger partial charge >= 0.3 is 0 Å². The van der Waals surface area contributed by atoms with Crippen molar-refractivity contribution in [3.8, 4) is 0 Å². The maximum atomic E-state index is 10.8. The van der Waals surface area contributed by atoms with Crippen LogP contribution in [0.5, 0.6) is 0 Å². The Morgan fingerprint density at radius 1 is 0.885 bits per heavy atom. The normalized spacial score (nSPS) is 29.0. The molecule has 0 radical (unpaired) electrons. The van der Waals surface area contributed by atoms with E-state index in [1.807, 2.05) is 65.6 Å². The molecule has 140 valence electrons. The standard InChI is InChI=1S/C20H25NO5/c22-17-13-26-20(25,19(24)18(17)23)14-21(11-15-7-3-1-4-8-15)12-16-9-5-2-6-10-16/h1-10,17-19,22-25H,11-14H2/t17-,18+,19+,20?/m1/s1. The summed E-state index contributed by atoms with van der Waals surface area (Å²) >= 11 is 0. The van der Waals surface area contributed by atoms with Crippen LogP contribution < -0.4 is 0 Å². The Hall–Kier alpha value is -1.80. The molecule has 26 heavy (non-hydrogen) atoms. The Kier molecular flexibility index (Phi) is 6.03. The fraction of sp³-hybridized carbons (Fsp3) is 0.400. The van der Waals surface area contributed by atoms with Crippen molar-refractivity contribution in [1.29, 1.82) is 0 Å². The minimum atomic E-state index is -1.96. The lowest BCUT2D eigenvalue weighted by Crippen LogP contribution is -2.64. The molecule has 0 spiro atoms. The highest BCUT2D eigenvalue weighted by Crippen LogP contribution is 2.26. The monoisotopic (exact) mass is 359 g/mol. The highest BCUT2D eigenvalue weighted by molar-refractivity contribution is 5.17. The molecular formula is C20H25NO5. The van der Waals surface area contributed by atoms with Gasteiger partial charge in [-0.15, -0.1) is 0 Å². The summed E-state index contributed by atoms with van der Waals surface area (Å²) in [6.07, 6.45) is -4.27. The summed E-state index contributed by atoms with van der Waals surface area (Å²) in [5.74, 6) is -1.96. The molecule has 0 aromatic heterocycles. The Morgan fingerprint density at radius 3 is 1.88 bits per heavy atom. The molecule has 1 saturated heterocycles. The van der Waals surface area contributed by atoms with Gasteiger partial charge in [0.25, 0.3) is 0 Å². The highest BCUT2D eigenvalue weighted by atomic mass is 16.6. The number of hydrogen-bond donors (Lipinski definition) is 4. The lowest BCUT2D eigenvalue weighted by molar-refractivity contribution is -0.325. The molecule has 0 amide bonds. The predicted octanol–water partition coefficient (Wildman–Crippen LogP) is 0.490. The average Bonchev–Trinajstić information content (AvgIpc) is 2.65. The van der Waals surface area contributed by atoms with Gasteiger partial charge in [0, 0.05) is 13.1 Å². The molecule has 1 aliphatic rings. The van der Waals surface area contributed by atoms with Gasteiger partial charge in [0.1, 0.15) is 18.3 Å². The first-order valence-corrected chi connectivity index (χ1v) is 8.69. The van der Waals surface area contributed by atoms with Gasteiger partial charge in [-0.1, -0.05) is 60.7 Å². The van der Waals surface area contributed by atoms with E-state index in [9.17, 15) is 20.4 Å². The van der Waals surface area contributed by atoms with Crippen molar-refractivity contribution >= 4 is 0 Å². The van der Waals surface area contributed by atoms with Crippen LogP contribution in [0.15, 0.2) is 60.7 Å². The van der Waals surface area contributed by atoms with Crippen molar-refractivity contribution in [2.75, 3.05) is 13.2 Å². The van der Waals surface area contributed by atoms with E-state index in [2.05, 4.69) is 0 Å². The molecule has 0 aliphatic carbocycles. The van der Waals surface area contributed by atoms with Crippen molar-refractivity contribution in [3.05, 3.63) is 71.8 Å². The summed E-state index contributed by atoms with van der Waals surface area (Å²) in [5, 5.41) is 40.5. The summed E-state index contributed by atoms with van der Waals surface area (Å²) in [6, 6.07) is 19.6. The molecule has 1 unspecified atom stereocenters. The van der Waals surface area contributed by atoms with Crippen LogP contribution in [-0.2, 0) is 17.8 Å². The molecule has 2 aromatic carbocycles. The first kappa shape index (κ1) is 19.0. The fourth-order valence-electron chi connectivity index (χ4n) is 3.20. The second-order valence-electron chi connectivity index (χ2n) is 6.77. The van der Waals surface area contributed by atoms with E-state index in [0.717, 1.165) is 11.1 Å². The van der Waals surface area contributed by atoms with Crippen molar-refractivity contribution in [2.45, 2.75) is 37.2 Å². The van der Waals surface area contributed by atoms with Crippen LogP contribution in [0.3, 0.4) is 0 Å². The number of benzene rings is 2. The predicted molar refractivity (Wildman–Crippen MR) is 95.9 cm³/mol. The molecule has 4 N–H and O–H groups in total. The number of nitrogens with zero attached hydrogens (tertiary/aromatic N) is 1. The fourth-order valence-corrected chi connectivity index (χ4v) is 3.20. The zero-order valence-electron chi connectivity index (χ0n) is 14.5. The SMILES string of the molecule is O[C@H]1[C@H](O)COC(O)(CN(Cc2ccccc2)Cc2ccccc2)[C@H]1O. The third-order valence-corrected chi connectivity index (χ3v) is 4.63. The number of aliphatic hydroxyl groups is 4. The summed E-state index contributed by atoms with van der Waals surface area (Å²) < 4.78 is 5.32. The van der Waals surface area contributed by atoms with E-state index in [0.29, 0.717) is 13.1 Å². The van der Waals surface area contributed by atoms with Crippen molar-refractivity contribution < 1.29 is 25.2 Å². The van der Waals surface area contributed by atoms with Crippen molar-refractivity contribution in [2.24, 2.45) is 0 Å². The Balaban J connectivity index is 1.78. The van der Waals surface area contributed by atoms with Gasteiger partial charge in [-0.3, -0.25) is 4.90 Å². The minimum absolute atomic E-state index is 0.0122. The molecular weight excluding hydrogens is 334 g/mol. The van der Waals surface area contributed by atoms with Crippen LogP contribution in [0, 0.1) is 0 Å². The molecule has 1 aliphatic heterocycles. The number of rotatable bonds is 6. The second-order valence-corrected chi connectivity index (χ2v) is 6.77.